The fraction of sp³-hybridized carbons (Fsp3) is 0.188. The number of nitrogens with one attached hydrogen (secondary N) is 1. The second-order valence-corrected chi connectivity index (χ2v) is 8.10. The van der Waals surface area contributed by atoms with Gasteiger partial charge in [0.05, 0.1) is 17.3 Å². The van der Waals surface area contributed by atoms with Gasteiger partial charge in [0, 0.05) is 5.02 Å². The molecule has 0 amide bonds. The number of ether oxygens (including phenoxy) is 1. The number of aliphatic carboxylic acids is 1. The Hall–Kier alpha value is -2.00. The smallest absolute Gasteiger partial charge is 0.342 e. The molecule has 1 unspecified atom stereocenters. The fourth-order valence-corrected chi connectivity index (χ4v) is 5.07. The average Bonchev–Trinajstić information content (AvgIpc) is 2.56. The van der Waals surface area contributed by atoms with Gasteiger partial charge in [0.15, 0.2) is 6.17 Å². The molecule has 0 aromatic heterocycles. The first kappa shape index (κ1) is 18.8. The molecule has 1 aliphatic heterocycles. The molecule has 0 saturated carbocycles. The molecule has 3 rings (SSSR count). The molecule has 1 atom stereocenters. The fourth-order valence-electron chi connectivity index (χ4n) is 2.61. The number of sulfonamides is 1. The third kappa shape index (κ3) is 3.59. The van der Waals surface area contributed by atoms with Crippen LogP contribution in [0, 0.1) is 0 Å². The molecule has 2 N–H and O–H groups in total. The highest BCUT2D eigenvalue weighted by molar-refractivity contribution is 7.89. The van der Waals surface area contributed by atoms with Crippen LogP contribution in [0.2, 0.25) is 10.0 Å². The lowest BCUT2D eigenvalue weighted by Crippen LogP contribution is -2.54. The molecule has 0 spiro atoms. The van der Waals surface area contributed by atoms with E-state index in [0.717, 1.165) is 4.31 Å². The Labute approximate surface area is 160 Å². The number of nitrogens with zero attached hydrogens (tertiary/aromatic N) is 1. The van der Waals surface area contributed by atoms with Crippen molar-refractivity contribution in [3.63, 3.8) is 0 Å². The minimum atomic E-state index is -4.16. The zero-order chi connectivity index (χ0) is 18.9. The van der Waals surface area contributed by atoms with Crippen molar-refractivity contribution in [3.8, 4) is 5.75 Å². The highest BCUT2D eigenvalue weighted by atomic mass is 35.5. The third-order valence-corrected chi connectivity index (χ3v) is 6.31. The van der Waals surface area contributed by atoms with E-state index >= 15 is 0 Å². The van der Waals surface area contributed by atoms with Gasteiger partial charge in [-0.2, -0.15) is 4.31 Å². The predicted molar refractivity (Wildman–Crippen MR) is 97.3 cm³/mol. The Balaban J connectivity index is 1.90. The van der Waals surface area contributed by atoms with Crippen LogP contribution < -0.4 is 10.1 Å². The maximum absolute atomic E-state index is 12.9. The number of carbonyl (C=O) groups is 1. The SMILES string of the molecule is O=C(O)C1Nc2cc(Cl)cc(Cl)c2S(=O)(=O)N1CCOc1ccccc1. The normalized spacial score (nSPS) is 18.6. The number of fused-ring (bicyclic) bond motifs is 1. The summed E-state index contributed by atoms with van der Waals surface area (Å²) in [5.74, 6) is -0.804. The van der Waals surface area contributed by atoms with Gasteiger partial charge in [0.25, 0.3) is 0 Å². The Kier molecular flexibility index (Phi) is 5.29. The van der Waals surface area contributed by atoms with Crippen molar-refractivity contribution in [1.82, 2.24) is 4.31 Å². The van der Waals surface area contributed by atoms with Crippen molar-refractivity contribution in [1.29, 1.82) is 0 Å². The minimum absolute atomic E-state index is 0.0325. The van der Waals surface area contributed by atoms with Crippen LogP contribution in [-0.2, 0) is 14.8 Å². The monoisotopic (exact) mass is 416 g/mol. The van der Waals surface area contributed by atoms with E-state index in [4.69, 9.17) is 27.9 Å². The number of para-hydroxylation sites is 1. The first-order valence-corrected chi connectivity index (χ1v) is 9.68. The lowest BCUT2D eigenvalue weighted by molar-refractivity contribution is -0.140. The van der Waals surface area contributed by atoms with Crippen LogP contribution in [0.3, 0.4) is 0 Å². The van der Waals surface area contributed by atoms with E-state index in [1.807, 2.05) is 6.07 Å². The first-order chi connectivity index (χ1) is 12.3. The van der Waals surface area contributed by atoms with E-state index in [-0.39, 0.29) is 33.8 Å². The molecule has 0 fully saturated rings. The molecule has 0 radical (unpaired) electrons. The number of halogens is 2. The van der Waals surface area contributed by atoms with Crippen LogP contribution in [0.1, 0.15) is 0 Å². The van der Waals surface area contributed by atoms with Crippen LogP contribution in [0.15, 0.2) is 47.4 Å². The van der Waals surface area contributed by atoms with Crippen molar-refractivity contribution in [2.75, 3.05) is 18.5 Å². The molecule has 0 aliphatic carbocycles. The van der Waals surface area contributed by atoms with Crippen molar-refractivity contribution >= 4 is 44.9 Å². The lowest BCUT2D eigenvalue weighted by Gasteiger charge is -2.35. The number of anilines is 1. The number of hydrogen-bond donors (Lipinski definition) is 2. The lowest BCUT2D eigenvalue weighted by atomic mass is 10.3. The summed E-state index contributed by atoms with van der Waals surface area (Å²) in [6.45, 7) is -0.213. The van der Waals surface area contributed by atoms with E-state index in [0.29, 0.717) is 5.75 Å². The summed E-state index contributed by atoms with van der Waals surface area (Å²) in [6, 6.07) is 11.4. The zero-order valence-corrected chi connectivity index (χ0v) is 15.6. The number of carboxylic acids is 1. The number of rotatable bonds is 5. The maximum Gasteiger partial charge on any atom is 0.342 e. The summed E-state index contributed by atoms with van der Waals surface area (Å²) in [5.41, 5.74) is 0.0510. The van der Waals surface area contributed by atoms with Crippen molar-refractivity contribution in [2.45, 2.75) is 11.1 Å². The van der Waals surface area contributed by atoms with Gasteiger partial charge in [0.1, 0.15) is 17.3 Å². The van der Waals surface area contributed by atoms with Gasteiger partial charge in [-0.15, -0.1) is 0 Å². The molecule has 2 aromatic carbocycles. The molecular weight excluding hydrogens is 403 g/mol. The van der Waals surface area contributed by atoms with Crippen LogP contribution in [0.5, 0.6) is 5.75 Å². The Morgan fingerprint density at radius 1 is 1.23 bits per heavy atom. The number of hydrogen-bond acceptors (Lipinski definition) is 5. The highest BCUT2D eigenvalue weighted by Crippen LogP contribution is 2.39. The summed E-state index contributed by atoms with van der Waals surface area (Å²) in [6.07, 6.45) is -1.50. The summed E-state index contributed by atoms with van der Waals surface area (Å²) in [5, 5.41) is 12.2. The third-order valence-electron chi connectivity index (χ3n) is 3.71. The van der Waals surface area contributed by atoms with Crippen molar-refractivity contribution in [2.24, 2.45) is 0 Å². The highest BCUT2D eigenvalue weighted by Gasteiger charge is 2.43. The molecule has 7 nitrogen and oxygen atoms in total. The van der Waals surface area contributed by atoms with E-state index in [9.17, 15) is 18.3 Å². The van der Waals surface area contributed by atoms with Crippen LogP contribution >= 0.6 is 23.2 Å². The molecular formula is C16H14Cl2N2O5S. The number of carboxylic acid groups (broad SMARTS) is 1. The van der Waals surface area contributed by atoms with Crippen molar-refractivity contribution < 1.29 is 23.1 Å². The minimum Gasteiger partial charge on any atom is -0.492 e. The van der Waals surface area contributed by atoms with Crippen molar-refractivity contribution in [3.05, 3.63) is 52.5 Å². The summed E-state index contributed by atoms with van der Waals surface area (Å²) < 4.78 is 32.2. The standard InChI is InChI=1S/C16H14Cl2N2O5S/c17-10-8-12(18)14-13(9-10)19-15(16(21)22)20(26(14,23)24)6-7-25-11-4-2-1-3-5-11/h1-5,8-9,15,19H,6-7H2,(H,21,22). The topological polar surface area (TPSA) is 95.9 Å². The second-order valence-electron chi connectivity index (χ2n) is 5.43. The van der Waals surface area contributed by atoms with E-state index in [1.54, 1.807) is 24.3 Å². The summed E-state index contributed by atoms with van der Waals surface area (Å²) in [7, 11) is -4.16. The van der Waals surface area contributed by atoms with Gasteiger partial charge in [-0.3, -0.25) is 0 Å². The second kappa shape index (κ2) is 7.32. The Morgan fingerprint density at radius 3 is 2.58 bits per heavy atom. The van der Waals surface area contributed by atoms with Gasteiger partial charge >= 0.3 is 5.97 Å². The summed E-state index contributed by atoms with van der Waals surface area (Å²) in [4.78, 5) is 11.4. The van der Waals surface area contributed by atoms with Crippen LogP contribution in [0.4, 0.5) is 5.69 Å². The van der Waals surface area contributed by atoms with Gasteiger partial charge in [-0.05, 0) is 24.3 Å². The molecule has 0 saturated heterocycles. The van der Waals surface area contributed by atoms with Gasteiger partial charge in [-0.1, -0.05) is 41.4 Å². The average molecular weight is 417 g/mol. The first-order valence-electron chi connectivity index (χ1n) is 7.49. The molecule has 1 aliphatic rings. The maximum atomic E-state index is 12.9. The molecule has 26 heavy (non-hydrogen) atoms. The zero-order valence-electron chi connectivity index (χ0n) is 13.2. The molecule has 1 heterocycles. The van der Waals surface area contributed by atoms with E-state index < -0.39 is 22.2 Å². The molecule has 138 valence electrons. The molecule has 0 bridgehead atoms. The van der Waals surface area contributed by atoms with Gasteiger partial charge in [0.2, 0.25) is 10.0 Å². The van der Waals surface area contributed by atoms with Gasteiger partial charge < -0.3 is 15.2 Å². The summed E-state index contributed by atoms with van der Waals surface area (Å²) >= 11 is 11.9. The number of benzene rings is 2. The van der Waals surface area contributed by atoms with E-state index in [1.165, 1.54) is 12.1 Å². The largest absolute Gasteiger partial charge is 0.492 e. The van der Waals surface area contributed by atoms with Crippen LogP contribution in [0.25, 0.3) is 0 Å². The van der Waals surface area contributed by atoms with E-state index in [2.05, 4.69) is 5.32 Å². The van der Waals surface area contributed by atoms with Gasteiger partial charge in [-0.25, -0.2) is 13.2 Å². The Bertz CT molecular complexity index is 937. The quantitative estimate of drug-likeness (QED) is 0.777. The predicted octanol–water partition coefficient (Wildman–Crippen LogP) is 2.90. The van der Waals surface area contributed by atoms with Crippen LogP contribution in [-0.4, -0.2) is 43.1 Å². The Morgan fingerprint density at radius 2 is 1.92 bits per heavy atom. The molecule has 10 heteroatoms. The molecule has 2 aromatic rings.